The topological polar surface area (TPSA) is 3.24 Å². The van der Waals surface area contributed by atoms with Gasteiger partial charge in [-0.05, 0) is 31.9 Å². The fourth-order valence-electron chi connectivity index (χ4n) is 2.31. The first kappa shape index (κ1) is 12.4. The van der Waals surface area contributed by atoms with Gasteiger partial charge in [-0.2, -0.15) is 13.2 Å². The predicted octanol–water partition coefficient (Wildman–Crippen LogP) is 3.52. The third-order valence-corrected chi connectivity index (χ3v) is 3.25. The quantitative estimate of drug-likeness (QED) is 0.768. The van der Waals surface area contributed by atoms with Crippen molar-refractivity contribution in [3.05, 3.63) is 35.4 Å². The Morgan fingerprint density at radius 2 is 1.88 bits per heavy atom. The number of hydrogen-bond acceptors (Lipinski definition) is 1. The SMILES string of the molecule is Cc1ccc(CN2CCC[C@H]2C(F)(F)F)cc1. The molecule has 1 aromatic carbocycles. The molecule has 0 amide bonds. The first-order chi connectivity index (χ1) is 7.97. The lowest BCUT2D eigenvalue weighted by Gasteiger charge is -2.26. The highest BCUT2D eigenvalue weighted by atomic mass is 19.4. The summed E-state index contributed by atoms with van der Waals surface area (Å²) in [6.45, 7) is 2.90. The summed E-state index contributed by atoms with van der Waals surface area (Å²) < 4.78 is 38.2. The molecular weight excluding hydrogens is 227 g/mol. The first-order valence-electron chi connectivity index (χ1n) is 5.83. The Morgan fingerprint density at radius 3 is 2.47 bits per heavy atom. The normalized spacial score (nSPS) is 22.0. The lowest BCUT2D eigenvalue weighted by molar-refractivity contribution is -0.177. The maximum atomic E-state index is 12.7. The molecule has 0 aliphatic carbocycles. The van der Waals surface area contributed by atoms with Gasteiger partial charge in [-0.25, -0.2) is 0 Å². The molecule has 1 heterocycles. The van der Waals surface area contributed by atoms with Gasteiger partial charge in [-0.15, -0.1) is 0 Å². The van der Waals surface area contributed by atoms with Gasteiger partial charge in [0.15, 0.2) is 0 Å². The predicted molar refractivity (Wildman–Crippen MR) is 60.7 cm³/mol. The highest BCUT2D eigenvalue weighted by Crippen LogP contribution is 2.33. The van der Waals surface area contributed by atoms with Crippen LogP contribution in [0.3, 0.4) is 0 Å². The van der Waals surface area contributed by atoms with E-state index in [0.717, 1.165) is 11.1 Å². The molecule has 1 aliphatic heterocycles. The Kier molecular flexibility index (Phi) is 3.43. The second kappa shape index (κ2) is 4.69. The molecule has 0 N–H and O–H groups in total. The Bertz CT molecular complexity index is 369. The zero-order valence-corrected chi connectivity index (χ0v) is 9.80. The van der Waals surface area contributed by atoms with Gasteiger partial charge in [0.2, 0.25) is 0 Å². The molecule has 1 atom stereocenters. The van der Waals surface area contributed by atoms with E-state index in [0.29, 0.717) is 19.5 Å². The number of halogens is 3. The monoisotopic (exact) mass is 243 g/mol. The van der Waals surface area contributed by atoms with Crippen LogP contribution >= 0.6 is 0 Å². The molecule has 0 unspecified atom stereocenters. The van der Waals surface area contributed by atoms with E-state index in [1.165, 1.54) is 4.90 Å². The van der Waals surface area contributed by atoms with Crippen molar-refractivity contribution in [1.29, 1.82) is 0 Å². The van der Waals surface area contributed by atoms with Crippen molar-refractivity contribution in [1.82, 2.24) is 4.90 Å². The van der Waals surface area contributed by atoms with Crippen LogP contribution in [0.15, 0.2) is 24.3 Å². The molecule has 0 aromatic heterocycles. The molecule has 1 saturated heterocycles. The summed E-state index contributed by atoms with van der Waals surface area (Å²) in [6.07, 6.45) is -3.23. The first-order valence-corrected chi connectivity index (χ1v) is 5.83. The van der Waals surface area contributed by atoms with Crippen molar-refractivity contribution in [3.8, 4) is 0 Å². The van der Waals surface area contributed by atoms with Crippen molar-refractivity contribution in [2.75, 3.05) is 6.54 Å². The lowest BCUT2D eigenvalue weighted by atomic mass is 10.1. The van der Waals surface area contributed by atoms with Crippen molar-refractivity contribution in [3.63, 3.8) is 0 Å². The fourth-order valence-corrected chi connectivity index (χ4v) is 2.31. The van der Waals surface area contributed by atoms with Crippen LogP contribution in [-0.4, -0.2) is 23.7 Å². The second-order valence-electron chi connectivity index (χ2n) is 4.66. The van der Waals surface area contributed by atoms with Gasteiger partial charge < -0.3 is 0 Å². The van der Waals surface area contributed by atoms with Gasteiger partial charge in [0, 0.05) is 6.54 Å². The zero-order chi connectivity index (χ0) is 12.5. The molecule has 2 rings (SSSR count). The molecule has 1 fully saturated rings. The number of likely N-dealkylation sites (tertiary alicyclic amines) is 1. The van der Waals surface area contributed by atoms with Crippen LogP contribution in [0.1, 0.15) is 24.0 Å². The Labute approximate surface area is 99.2 Å². The minimum atomic E-state index is -4.10. The summed E-state index contributed by atoms with van der Waals surface area (Å²) >= 11 is 0. The maximum absolute atomic E-state index is 12.7. The molecule has 0 bridgehead atoms. The zero-order valence-electron chi connectivity index (χ0n) is 9.80. The van der Waals surface area contributed by atoms with E-state index in [1.807, 2.05) is 31.2 Å². The highest BCUT2D eigenvalue weighted by Gasteiger charge is 2.45. The third kappa shape index (κ3) is 3.00. The number of benzene rings is 1. The average Bonchev–Trinajstić information content (AvgIpc) is 2.69. The lowest BCUT2D eigenvalue weighted by Crippen LogP contribution is -2.40. The molecule has 1 aromatic rings. The van der Waals surface area contributed by atoms with E-state index in [9.17, 15) is 13.2 Å². The highest BCUT2D eigenvalue weighted by molar-refractivity contribution is 5.21. The average molecular weight is 243 g/mol. The van der Waals surface area contributed by atoms with E-state index in [2.05, 4.69) is 0 Å². The van der Waals surface area contributed by atoms with Gasteiger partial charge in [-0.1, -0.05) is 29.8 Å². The Balaban J connectivity index is 2.05. The molecule has 1 aliphatic rings. The maximum Gasteiger partial charge on any atom is 0.404 e. The van der Waals surface area contributed by atoms with Gasteiger partial charge in [-0.3, -0.25) is 4.90 Å². The third-order valence-electron chi connectivity index (χ3n) is 3.25. The minimum absolute atomic E-state index is 0.232. The minimum Gasteiger partial charge on any atom is -0.288 e. The number of alkyl halides is 3. The fraction of sp³-hybridized carbons (Fsp3) is 0.538. The Morgan fingerprint density at radius 1 is 1.24 bits per heavy atom. The summed E-state index contributed by atoms with van der Waals surface area (Å²) in [7, 11) is 0. The summed E-state index contributed by atoms with van der Waals surface area (Å²) in [5.74, 6) is 0. The van der Waals surface area contributed by atoms with Crippen LogP contribution in [0.2, 0.25) is 0 Å². The van der Waals surface area contributed by atoms with Crippen LogP contribution in [0.4, 0.5) is 13.2 Å². The number of rotatable bonds is 2. The molecule has 94 valence electrons. The largest absolute Gasteiger partial charge is 0.404 e. The van der Waals surface area contributed by atoms with E-state index in [-0.39, 0.29) is 6.42 Å². The number of hydrogen-bond donors (Lipinski definition) is 0. The van der Waals surface area contributed by atoms with E-state index < -0.39 is 12.2 Å². The molecule has 17 heavy (non-hydrogen) atoms. The summed E-state index contributed by atoms with van der Waals surface area (Å²) in [5.41, 5.74) is 2.08. The molecular formula is C13H16F3N. The van der Waals surface area contributed by atoms with E-state index in [4.69, 9.17) is 0 Å². The van der Waals surface area contributed by atoms with Crippen molar-refractivity contribution in [2.45, 2.75) is 38.5 Å². The van der Waals surface area contributed by atoms with Gasteiger partial charge in [0.1, 0.15) is 6.04 Å². The summed E-state index contributed by atoms with van der Waals surface area (Å²) in [6, 6.07) is 6.42. The van der Waals surface area contributed by atoms with Crippen LogP contribution < -0.4 is 0 Å². The van der Waals surface area contributed by atoms with Gasteiger partial charge >= 0.3 is 6.18 Å². The molecule has 4 heteroatoms. The van der Waals surface area contributed by atoms with E-state index in [1.54, 1.807) is 0 Å². The van der Waals surface area contributed by atoms with Crippen molar-refractivity contribution < 1.29 is 13.2 Å². The van der Waals surface area contributed by atoms with Crippen LogP contribution in [0, 0.1) is 6.92 Å². The smallest absolute Gasteiger partial charge is 0.288 e. The van der Waals surface area contributed by atoms with Crippen molar-refractivity contribution >= 4 is 0 Å². The Hall–Kier alpha value is -1.03. The summed E-state index contributed by atoms with van der Waals surface area (Å²) in [4.78, 5) is 1.53. The molecule has 0 radical (unpaired) electrons. The number of aryl methyl sites for hydroxylation is 1. The molecule has 0 spiro atoms. The van der Waals surface area contributed by atoms with Crippen LogP contribution in [0.5, 0.6) is 0 Å². The second-order valence-corrected chi connectivity index (χ2v) is 4.66. The standard InChI is InChI=1S/C13H16F3N/c1-10-4-6-11(7-5-10)9-17-8-2-3-12(17)13(14,15)16/h4-7,12H,2-3,8-9H2,1H3/t12-/m0/s1. The molecule has 0 saturated carbocycles. The van der Waals surface area contributed by atoms with E-state index >= 15 is 0 Å². The van der Waals surface area contributed by atoms with Gasteiger partial charge in [0.25, 0.3) is 0 Å². The van der Waals surface area contributed by atoms with Crippen molar-refractivity contribution in [2.24, 2.45) is 0 Å². The summed E-state index contributed by atoms with van der Waals surface area (Å²) in [5, 5.41) is 0. The van der Waals surface area contributed by atoms with Crippen LogP contribution in [0.25, 0.3) is 0 Å². The number of nitrogens with zero attached hydrogens (tertiary/aromatic N) is 1. The molecule has 1 nitrogen and oxygen atoms in total. The van der Waals surface area contributed by atoms with Crippen LogP contribution in [-0.2, 0) is 6.54 Å². The van der Waals surface area contributed by atoms with Gasteiger partial charge in [0.05, 0.1) is 0 Å².